The summed E-state index contributed by atoms with van der Waals surface area (Å²) >= 11 is 6.07. The lowest BCUT2D eigenvalue weighted by Crippen LogP contribution is -2.29. The summed E-state index contributed by atoms with van der Waals surface area (Å²) < 4.78 is 1.62. The third kappa shape index (κ3) is 3.79. The standard InChI is InChI=1S/C20H16ClN5O2/c21-15-9-5-4-6-13(15)10-11-17(27)22-19-24-20-23-18(28)12-16(26(20)25-19)14-7-2-1-3-8-14/h1-11,16H,12H2,(H2,22,23,24,25,27,28)/b11-10+/t16-/m0/s1. The van der Waals surface area contributed by atoms with Crippen LogP contribution in [0.15, 0.2) is 60.7 Å². The third-order valence-electron chi connectivity index (χ3n) is 4.30. The van der Waals surface area contributed by atoms with Crippen LogP contribution in [0.25, 0.3) is 6.08 Å². The smallest absolute Gasteiger partial charge is 0.250 e. The number of benzene rings is 2. The van der Waals surface area contributed by atoms with Gasteiger partial charge in [0.2, 0.25) is 11.9 Å². The zero-order valence-electron chi connectivity index (χ0n) is 14.7. The molecule has 28 heavy (non-hydrogen) atoms. The molecule has 7 nitrogen and oxygen atoms in total. The molecular formula is C20H16ClN5O2. The molecule has 2 heterocycles. The number of hydrogen-bond acceptors (Lipinski definition) is 4. The van der Waals surface area contributed by atoms with Crippen LogP contribution in [-0.2, 0) is 9.59 Å². The number of halogens is 1. The highest BCUT2D eigenvalue weighted by Crippen LogP contribution is 2.29. The first-order chi connectivity index (χ1) is 13.6. The highest BCUT2D eigenvalue weighted by molar-refractivity contribution is 6.32. The highest BCUT2D eigenvalue weighted by Gasteiger charge is 2.29. The van der Waals surface area contributed by atoms with Gasteiger partial charge in [0.1, 0.15) is 0 Å². The van der Waals surface area contributed by atoms with Gasteiger partial charge in [0.15, 0.2) is 0 Å². The summed E-state index contributed by atoms with van der Waals surface area (Å²) in [5, 5.41) is 10.2. The van der Waals surface area contributed by atoms with Crippen LogP contribution in [0.4, 0.5) is 11.9 Å². The van der Waals surface area contributed by atoms with Crippen molar-refractivity contribution in [3.63, 3.8) is 0 Å². The average Bonchev–Trinajstić information content (AvgIpc) is 3.09. The van der Waals surface area contributed by atoms with Crippen molar-refractivity contribution in [2.24, 2.45) is 0 Å². The van der Waals surface area contributed by atoms with Crippen molar-refractivity contribution >= 4 is 41.4 Å². The summed E-state index contributed by atoms with van der Waals surface area (Å²) in [5.41, 5.74) is 1.67. The van der Waals surface area contributed by atoms with Crippen LogP contribution in [0.3, 0.4) is 0 Å². The molecule has 1 aromatic heterocycles. The molecule has 1 aliphatic rings. The first-order valence-electron chi connectivity index (χ1n) is 8.65. The van der Waals surface area contributed by atoms with E-state index >= 15 is 0 Å². The topological polar surface area (TPSA) is 88.9 Å². The number of hydrogen-bond donors (Lipinski definition) is 2. The van der Waals surface area contributed by atoms with Gasteiger partial charge in [0, 0.05) is 11.1 Å². The molecule has 0 aliphatic carbocycles. The zero-order chi connectivity index (χ0) is 19.5. The van der Waals surface area contributed by atoms with Gasteiger partial charge in [-0.2, -0.15) is 4.98 Å². The molecule has 1 atom stereocenters. The molecule has 2 aromatic carbocycles. The van der Waals surface area contributed by atoms with E-state index in [9.17, 15) is 9.59 Å². The van der Waals surface area contributed by atoms with E-state index in [1.807, 2.05) is 42.5 Å². The molecule has 0 unspecified atom stereocenters. The quantitative estimate of drug-likeness (QED) is 0.664. The molecule has 2 N–H and O–H groups in total. The highest BCUT2D eigenvalue weighted by atomic mass is 35.5. The zero-order valence-corrected chi connectivity index (χ0v) is 15.4. The Hall–Kier alpha value is -3.45. The normalized spacial score (nSPS) is 15.9. The largest absolute Gasteiger partial charge is 0.295 e. The van der Waals surface area contributed by atoms with Crippen molar-refractivity contribution in [1.82, 2.24) is 14.8 Å². The second kappa shape index (κ2) is 7.66. The lowest BCUT2D eigenvalue weighted by molar-refractivity contribution is -0.117. The number of aromatic nitrogens is 3. The van der Waals surface area contributed by atoms with Gasteiger partial charge in [0.25, 0.3) is 11.9 Å². The Morgan fingerprint density at radius 2 is 1.93 bits per heavy atom. The van der Waals surface area contributed by atoms with Crippen LogP contribution < -0.4 is 10.6 Å². The molecule has 0 saturated heterocycles. The van der Waals surface area contributed by atoms with Crippen molar-refractivity contribution in [2.45, 2.75) is 12.5 Å². The lowest BCUT2D eigenvalue weighted by atomic mass is 10.0. The first kappa shape index (κ1) is 17.9. The summed E-state index contributed by atoms with van der Waals surface area (Å²) in [4.78, 5) is 28.5. The van der Waals surface area contributed by atoms with E-state index in [0.717, 1.165) is 11.1 Å². The maximum atomic E-state index is 12.2. The number of rotatable bonds is 4. The van der Waals surface area contributed by atoms with Crippen LogP contribution in [0.1, 0.15) is 23.6 Å². The molecule has 3 aromatic rings. The van der Waals surface area contributed by atoms with Gasteiger partial charge < -0.3 is 0 Å². The van der Waals surface area contributed by atoms with Gasteiger partial charge in [0.05, 0.1) is 12.5 Å². The fourth-order valence-corrected chi connectivity index (χ4v) is 3.18. The predicted molar refractivity (Wildman–Crippen MR) is 107 cm³/mol. The molecule has 2 amide bonds. The van der Waals surface area contributed by atoms with Gasteiger partial charge >= 0.3 is 0 Å². The fourth-order valence-electron chi connectivity index (χ4n) is 2.98. The van der Waals surface area contributed by atoms with Gasteiger partial charge in [-0.05, 0) is 23.3 Å². The second-order valence-corrected chi connectivity index (χ2v) is 6.63. The summed E-state index contributed by atoms with van der Waals surface area (Å²) in [6, 6.07) is 16.5. The Labute approximate surface area is 166 Å². The molecule has 1 aliphatic heterocycles. The Balaban J connectivity index is 1.54. The van der Waals surface area contributed by atoms with E-state index in [0.29, 0.717) is 11.0 Å². The molecule has 140 valence electrons. The Morgan fingerprint density at radius 3 is 2.71 bits per heavy atom. The molecule has 0 radical (unpaired) electrons. The van der Waals surface area contributed by atoms with Crippen LogP contribution >= 0.6 is 11.6 Å². The number of fused-ring (bicyclic) bond motifs is 1. The van der Waals surface area contributed by atoms with Crippen LogP contribution in [0, 0.1) is 0 Å². The summed E-state index contributed by atoms with van der Waals surface area (Å²) in [5.74, 6) is -0.127. The van der Waals surface area contributed by atoms with Gasteiger partial charge in [-0.1, -0.05) is 60.1 Å². The van der Waals surface area contributed by atoms with Crippen LogP contribution in [-0.4, -0.2) is 26.6 Å². The minimum Gasteiger partial charge on any atom is -0.295 e. The number of anilines is 2. The SMILES string of the molecule is O=C(/C=C/c1ccccc1Cl)Nc1nc2n(n1)[C@H](c1ccccc1)CC(=O)N2. The molecule has 0 saturated carbocycles. The summed E-state index contributed by atoms with van der Waals surface area (Å²) in [6.07, 6.45) is 3.22. The van der Waals surface area contributed by atoms with Gasteiger partial charge in [-0.25, -0.2) is 4.68 Å². The Kier molecular flexibility index (Phi) is 4.90. The first-order valence-corrected chi connectivity index (χ1v) is 9.03. The fraction of sp³-hybridized carbons (Fsp3) is 0.100. The number of carbonyl (C=O) groups excluding carboxylic acids is 2. The van der Waals surface area contributed by atoms with E-state index in [1.54, 1.807) is 22.9 Å². The van der Waals surface area contributed by atoms with Crippen molar-refractivity contribution in [2.75, 3.05) is 10.6 Å². The van der Waals surface area contributed by atoms with Crippen molar-refractivity contribution in [3.8, 4) is 0 Å². The minimum absolute atomic E-state index is 0.118. The van der Waals surface area contributed by atoms with Crippen molar-refractivity contribution < 1.29 is 9.59 Å². The van der Waals surface area contributed by atoms with E-state index in [-0.39, 0.29) is 24.3 Å². The summed E-state index contributed by atoms with van der Waals surface area (Å²) in [6.45, 7) is 0. The number of nitrogens with zero attached hydrogens (tertiary/aromatic N) is 3. The molecular weight excluding hydrogens is 378 g/mol. The van der Waals surface area contributed by atoms with Crippen LogP contribution in [0.2, 0.25) is 5.02 Å². The van der Waals surface area contributed by atoms with E-state index in [1.165, 1.54) is 6.08 Å². The lowest BCUT2D eigenvalue weighted by Gasteiger charge is -2.23. The third-order valence-corrected chi connectivity index (χ3v) is 4.64. The maximum Gasteiger partial charge on any atom is 0.250 e. The van der Waals surface area contributed by atoms with Gasteiger partial charge in [-0.3, -0.25) is 20.2 Å². The number of amides is 2. The Bertz CT molecular complexity index is 1060. The monoisotopic (exact) mass is 393 g/mol. The molecule has 4 rings (SSSR count). The van der Waals surface area contributed by atoms with E-state index < -0.39 is 5.91 Å². The van der Waals surface area contributed by atoms with Crippen molar-refractivity contribution in [1.29, 1.82) is 0 Å². The number of nitrogens with one attached hydrogen (secondary N) is 2. The molecule has 8 heteroatoms. The second-order valence-electron chi connectivity index (χ2n) is 6.23. The van der Waals surface area contributed by atoms with Crippen LogP contribution in [0.5, 0.6) is 0 Å². The molecule has 0 bridgehead atoms. The average molecular weight is 394 g/mol. The van der Waals surface area contributed by atoms with E-state index in [4.69, 9.17) is 11.6 Å². The molecule has 0 fully saturated rings. The minimum atomic E-state index is -0.398. The maximum absolute atomic E-state index is 12.2. The Morgan fingerprint density at radius 1 is 1.18 bits per heavy atom. The molecule has 0 spiro atoms. The summed E-state index contributed by atoms with van der Waals surface area (Å²) in [7, 11) is 0. The van der Waals surface area contributed by atoms with Gasteiger partial charge in [-0.15, -0.1) is 5.10 Å². The van der Waals surface area contributed by atoms with Crippen molar-refractivity contribution in [3.05, 3.63) is 76.8 Å². The predicted octanol–water partition coefficient (Wildman–Crippen LogP) is 3.52. The van der Waals surface area contributed by atoms with E-state index in [2.05, 4.69) is 20.7 Å². The number of carbonyl (C=O) groups is 2.